The lowest BCUT2D eigenvalue weighted by molar-refractivity contribution is -0.118. The summed E-state index contributed by atoms with van der Waals surface area (Å²) in [5.41, 5.74) is 1.28. The first-order chi connectivity index (χ1) is 9.83. The summed E-state index contributed by atoms with van der Waals surface area (Å²) < 4.78 is 5.30. The van der Waals surface area contributed by atoms with E-state index >= 15 is 0 Å². The molecule has 5 heteroatoms. The predicted octanol–water partition coefficient (Wildman–Crippen LogP) is 3.55. The molecule has 0 saturated heterocycles. The van der Waals surface area contributed by atoms with E-state index in [2.05, 4.69) is 9.98 Å². The molecule has 0 fully saturated rings. The fourth-order valence-corrected chi connectivity index (χ4v) is 4.33. The average Bonchev–Trinajstić information content (AvgIpc) is 3.02. The first kappa shape index (κ1) is 12.1. The first-order valence-corrected chi connectivity index (χ1v) is 7.79. The highest BCUT2D eigenvalue weighted by molar-refractivity contribution is 8.17. The number of rotatable bonds is 1. The minimum atomic E-state index is -0.202. The summed E-state index contributed by atoms with van der Waals surface area (Å²) in [5, 5.41) is 0.892. The van der Waals surface area contributed by atoms with Crippen molar-refractivity contribution in [2.75, 3.05) is 0 Å². The quantitative estimate of drug-likeness (QED) is 0.793. The molecule has 1 atom stereocenters. The van der Waals surface area contributed by atoms with Crippen LogP contribution in [0.15, 0.2) is 43.3 Å². The summed E-state index contributed by atoms with van der Waals surface area (Å²) in [4.78, 5) is 22.5. The standard InChI is InChI=1S/C15H14N2O2S/c18-14-12-9-5-2-1-3-7-11(9)20-15(12)17-13(16-14)10-6-4-8-19-10/h4,6,8,12H,1-3,5,7H2. The third-order valence-corrected chi connectivity index (χ3v) is 5.20. The minimum Gasteiger partial charge on any atom is -0.461 e. The number of carbonyl (C=O) groups is 1. The second-order valence-electron chi connectivity index (χ2n) is 5.25. The Hall–Kier alpha value is -1.62. The molecular formula is C15H14N2O2S. The largest absolute Gasteiger partial charge is 0.461 e. The van der Waals surface area contributed by atoms with Crippen LogP contribution in [0.3, 0.4) is 0 Å². The molecule has 1 unspecified atom stereocenters. The highest BCUT2D eigenvalue weighted by atomic mass is 32.2. The van der Waals surface area contributed by atoms with Gasteiger partial charge in [-0.15, -0.1) is 0 Å². The molecule has 0 bridgehead atoms. The van der Waals surface area contributed by atoms with Gasteiger partial charge in [0.25, 0.3) is 5.91 Å². The molecule has 102 valence electrons. The molecule has 0 radical (unpaired) electrons. The van der Waals surface area contributed by atoms with Crippen molar-refractivity contribution in [2.24, 2.45) is 15.9 Å². The molecule has 2 aliphatic heterocycles. The van der Waals surface area contributed by atoms with Gasteiger partial charge in [0.15, 0.2) is 11.6 Å². The number of furan rings is 1. The van der Waals surface area contributed by atoms with Crippen molar-refractivity contribution in [1.82, 2.24) is 0 Å². The van der Waals surface area contributed by atoms with Crippen LogP contribution in [0.4, 0.5) is 0 Å². The van der Waals surface area contributed by atoms with Crippen molar-refractivity contribution < 1.29 is 9.21 Å². The molecule has 1 aromatic rings. The Kier molecular flexibility index (Phi) is 2.88. The third kappa shape index (κ3) is 1.88. The molecule has 0 aromatic carbocycles. The van der Waals surface area contributed by atoms with Gasteiger partial charge in [-0.2, -0.15) is 4.99 Å². The zero-order chi connectivity index (χ0) is 13.5. The molecule has 1 amide bonds. The zero-order valence-electron chi connectivity index (χ0n) is 11.0. The van der Waals surface area contributed by atoms with Gasteiger partial charge in [0.2, 0.25) is 0 Å². The van der Waals surface area contributed by atoms with E-state index in [1.165, 1.54) is 29.7 Å². The maximum atomic E-state index is 12.4. The topological polar surface area (TPSA) is 54.9 Å². The van der Waals surface area contributed by atoms with Crippen molar-refractivity contribution in [2.45, 2.75) is 32.1 Å². The van der Waals surface area contributed by atoms with Crippen LogP contribution in [0, 0.1) is 5.92 Å². The van der Waals surface area contributed by atoms with Crippen LogP contribution in [-0.4, -0.2) is 16.8 Å². The van der Waals surface area contributed by atoms with Gasteiger partial charge in [0, 0.05) is 0 Å². The van der Waals surface area contributed by atoms with Crippen molar-refractivity contribution in [3.63, 3.8) is 0 Å². The monoisotopic (exact) mass is 286 g/mol. The minimum absolute atomic E-state index is 0.0826. The summed E-state index contributed by atoms with van der Waals surface area (Å²) >= 11 is 1.68. The lowest BCUT2D eigenvalue weighted by Gasteiger charge is -2.15. The Balaban J connectivity index is 1.71. The van der Waals surface area contributed by atoms with Gasteiger partial charge in [-0.05, 0) is 48.3 Å². The number of amides is 1. The lowest BCUT2D eigenvalue weighted by atomic mass is 9.94. The summed E-state index contributed by atoms with van der Waals surface area (Å²) in [5.74, 6) is 0.691. The highest BCUT2D eigenvalue weighted by Crippen LogP contribution is 2.46. The molecule has 3 heterocycles. The molecule has 0 spiro atoms. The number of amidine groups is 1. The van der Waals surface area contributed by atoms with E-state index < -0.39 is 0 Å². The number of nitrogens with zero attached hydrogens (tertiary/aromatic N) is 2. The third-order valence-electron chi connectivity index (χ3n) is 3.95. The van der Waals surface area contributed by atoms with E-state index in [4.69, 9.17) is 4.42 Å². The van der Waals surface area contributed by atoms with Crippen LogP contribution in [0.5, 0.6) is 0 Å². The lowest BCUT2D eigenvalue weighted by Crippen LogP contribution is -2.25. The predicted molar refractivity (Wildman–Crippen MR) is 78.9 cm³/mol. The molecule has 4 rings (SSSR count). The van der Waals surface area contributed by atoms with Gasteiger partial charge in [0.1, 0.15) is 5.92 Å². The molecule has 1 aliphatic carbocycles. The number of carbonyl (C=O) groups excluding carboxylic acids is 1. The molecule has 20 heavy (non-hydrogen) atoms. The van der Waals surface area contributed by atoms with Crippen LogP contribution in [0.2, 0.25) is 0 Å². The Morgan fingerprint density at radius 3 is 2.95 bits per heavy atom. The van der Waals surface area contributed by atoms with E-state index in [9.17, 15) is 4.79 Å². The van der Waals surface area contributed by atoms with Crippen LogP contribution in [-0.2, 0) is 4.79 Å². The Morgan fingerprint density at radius 2 is 2.10 bits per heavy atom. The second kappa shape index (κ2) is 4.74. The van der Waals surface area contributed by atoms with Crippen molar-refractivity contribution >= 4 is 28.5 Å². The first-order valence-electron chi connectivity index (χ1n) is 6.98. The molecule has 3 aliphatic rings. The summed E-state index contributed by atoms with van der Waals surface area (Å²) in [6, 6.07) is 3.57. The van der Waals surface area contributed by atoms with Crippen LogP contribution in [0.25, 0.3) is 0 Å². The maximum Gasteiger partial charge on any atom is 0.261 e. The van der Waals surface area contributed by atoms with Crippen LogP contribution < -0.4 is 0 Å². The van der Waals surface area contributed by atoms with Gasteiger partial charge >= 0.3 is 0 Å². The van der Waals surface area contributed by atoms with E-state index in [1.807, 2.05) is 0 Å². The van der Waals surface area contributed by atoms with Gasteiger partial charge in [-0.1, -0.05) is 18.2 Å². The van der Waals surface area contributed by atoms with E-state index in [0.717, 1.165) is 17.9 Å². The zero-order valence-corrected chi connectivity index (χ0v) is 11.8. The number of fused-ring (bicyclic) bond motifs is 2. The van der Waals surface area contributed by atoms with E-state index in [-0.39, 0.29) is 11.8 Å². The Bertz CT molecular complexity index is 655. The van der Waals surface area contributed by atoms with Gasteiger partial charge in [0.05, 0.1) is 11.3 Å². The number of allylic oxidation sites excluding steroid dienone is 1. The molecule has 0 N–H and O–H groups in total. The van der Waals surface area contributed by atoms with E-state index in [0.29, 0.717) is 11.6 Å². The molecule has 4 nitrogen and oxygen atoms in total. The Morgan fingerprint density at radius 1 is 1.20 bits per heavy atom. The average molecular weight is 286 g/mol. The molecular weight excluding hydrogens is 272 g/mol. The highest BCUT2D eigenvalue weighted by Gasteiger charge is 2.40. The van der Waals surface area contributed by atoms with Crippen molar-refractivity contribution in [1.29, 1.82) is 0 Å². The number of aliphatic imine (C=N–C) groups is 2. The maximum absolute atomic E-state index is 12.4. The fourth-order valence-electron chi connectivity index (χ4n) is 2.99. The van der Waals surface area contributed by atoms with Crippen molar-refractivity contribution in [3.05, 3.63) is 34.6 Å². The summed E-state index contributed by atoms with van der Waals surface area (Å²) in [6.45, 7) is 0. The summed E-state index contributed by atoms with van der Waals surface area (Å²) in [6.07, 6.45) is 7.31. The molecule has 0 saturated carbocycles. The second-order valence-corrected chi connectivity index (χ2v) is 6.36. The summed E-state index contributed by atoms with van der Waals surface area (Å²) in [7, 11) is 0. The van der Waals surface area contributed by atoms with Crippen molar-refractivity contribution in [3.8, 4) is 0 Å². The fraction of sp³-hybridized carbons (Fsp3) is 0.400. The number of hydrogen-bond donors (Lipinski definition) is 0. The van der Waals surface area contributed by atoms with Crippen LogP contribution in [0.1, 0.15) is 37.9 Å². The Labute approximate surface area is 121 Å². The van der Waals surface area contributed by atoms with Gasteiger partial charge in [-0.3, -0.25) is 4.79 Å². The van der Waals surface area contributed by atoms with Crippen LogP contribution >= 0.6 is 11.8 Å². The smallest absolute Gasteiger partial charge is 0.261 e. The van der Waals surface area contributed by atoms with Gasteiger partial charge < -0.3 is 4.42 Å². The van der Waals surface area contributed by atoms with Gasteiger partial charge in [-0.25, -0.2) is 4.99 Å². The number of hydrogen-bond acceptors (Lipinski definition) is 4. The molecule has 1 aromatic heterocycles. The normalized spacial score (nSPS) is 25.8. The van der Waals surface area contributed by atoms with E-state index in [1.54, 1.807) is 30.2 Å². The number of thioether (sulfide) groups is 1. The SMILES string of the molecule is O=C1N=C(c2ccco2)N=C2SC3=C(CCCCC3)C12.